The molecule has 0 radical (unpaired) electrons. The van der Waals surface area contributed by atoms with Gasteiger partial charge >= 0.3 is 11.9 Å². The summed E-state index contributed by atoms with van der Waals surface area (Å²) in [4.78, 5) is 33.0. The second-order valence-corrected chi connectivity index (χ2v) is 4.33. The van der Waals surface area contributed by atoms with Gasteiger partial charge in [-0.1, -0.05) is 19.3 Å². The van der Waals surface area contributed by atoms with Crippen LogP contribution in [0.4, 0.5) is 0 Å². The number of carboxylic acids is 2. The number of carboxylic acid groups (broad SMARTS) is 2. The molecule has 0 aromatic carbocycles. The first-order chi connectivity index (χ1) is 8.00. The molecule has 0 aliphatic heterocycles. The van der Waals surface area contributed by atoms with Gasteiger partial charge in [-0.15, -0.1) is 0 Å². The van der Waals surface area contributed by atoms with E-state index in [9.17, 15) is 14.4 Å². The number of amides is 1. The van der Waals surface area contributed by atoms with E-state index >= 15 is 0 Å². The van der Waals surface area contributed by atoms with Gasteiger partial charge in [-0.05, 0) is 12.8 Å². The second kappa shape index (κ2) is 8.19. The van der Waals surface area contributed by atoms with Gasteiger partial charge in [0.25, 0.3) is 0 Å². The van der Waals surface area contributed by atoms with E-state index in [4.69, 9.17) is 10.2 Å². The Balaban J connectivity index is 0.00000289. The van der Waals surface area contributed by atoms with Gasteiger partial charge in [0.1, 0.15) is 6.04 Å². The van der Waals surface area contributed by atoms with Crippen LogP contribution in [-0.4, -0.2) is 34.1 Å². The van der Waals surface area contributed by atoms with Gasteiger partial charge in [0.15, 0.2) is 0 Å². The van der Waals surface area contributed by atoms with Crippen molar-refractivity contribution >= 4 is 17.8 Å². The minimum Gasteiger partial charge on any atom is -0.481 e. The van der Waals surface area contributed by atoms with Crippen molar-refractivity contribution in [2.75, 3.05) is 0 Å². The predicted molar refractivity (Wildman–Crippen MR) is 58.4 cm³/mol. The molecule has 0 bridgehead atoms. The van der Waals surface area contributed by atoms with Crippen LogP contribution < -0.4 is 5.32 Å². The smallest absolute Gasteiger partial charge is 0.326 e. The van der Waals surface area contributed by atoms with Crippen LogP contribution in [0.5, 0.6) is 0 Å². The molecule has 6 nitrogen and oxygen atoms in total. The van der Waals surface area contributed by atoms with Crippen molar-refractivity contribution in [1.82, 2.24) is 5.32 Å². The molecule has 3 N–H and O–H groups in total. The molecule has 1 aliphatic carbocycles. The molecule has 1 saturated carbocycles. The number of carbonyl (C=O) groups is 3. The summed E-state index contributed by atoms with van der Waals surface area (Å²) in [5.74, 6) is -3.05. The van der Waals surface area contributed by atoms with E-state index in [-0.39, 0.29) is 31.3 Å². The summed E-state index contributed by atoms with van der Waals surface area (Å²) < 4.78 is 0. The van der Waals surface area contributed by atoms with E-state index in [0.717, 1.165) is 32.1 Å². The summed E-state index contributed by atoms with van der Waals surface area (Å²) >= 11 is 0. The fraction of sp³-hybridized carbons (Fsp3) is 0.727. The Morgan fingerprint density at radius 1 is 1.11 bits per heavy atom. The van der Waals surface area contributed by atoms with E-state index in [1.54, 1.807) is 0 Å². The first kappa shape index (κ1) is 17.0. The molecule has 1 fully saturated rings. The van der Waals surface area contributed by atoms with Gasteiger partial charge in [-0.3, -0.25) is 9.59 Å². The maximum Gasteiger partial charge on any atom is 0.326 e. The summed E-state index contributed by atoms with van der Waals surface area (Å²) in [6, 6.07) is -1.33. The van der Waals surface area contributed by atoms with Crippen molar-refractivity contribution in [3.05, 3.63) is 0 Å². The Morgan fingerprint density at radius 3 is 2.11 bits per heavy atom. The number of hydrogen-bond acceptors (Lipinski definition) is 3. The van der Waals surface area contributed by atoms with Crippen molar-refractivity contribution in [3.63, 3.8) is 0 Å². The fourth-order valence-electron chi connectivity index (χ4n) is 2.03. The molecule has 1 atom stereocenters. The number of hydrogen-bond donors (Lipinski definition) is 3. The van der Waals surface area contributed by atoms with Gasteiger partial charge in [-0.25, -0.2) is 4.79 Å². The Labute approximate surface area is 118 Å². The predicted octanol–water partition coefficient (Wildman–Crippen LogP) is 0.608. The van der Waals surface area contributed by atoms with Gasteiger partial charge in [0.2, 0.25) is 5.91 Å². The van der Waals surface area contributed by atoms with Crippen molar-refractivity contribution in [1.29, 1.82) is 0 Å². The van der Waals surface area contributed by atoms with Crippen LogP contribution in [0, 0.1) is 5.92 Å². The number of carbonyl (C=O) groups excluding carboxylic acids is 1. The normalized spacial score (nSPS) is 17.3. The van der Waals surface area contributed by atoms with Gasteiger partial charge in [-0.2, -0.15) is 0 Å². The number of rotatable bonds is 5. The molecule has 1 amide bonds. The zero-order chi connectivity index (χ0) is 12.8. The summed E-state index contributed by atoms with van der Waals surface area (Å²) in [6.07, 6.45) is 3.95. The van der Waals surface area contributed by atoms with E-state index in [1.807, 2.05) is 0 Å². The third kappa shape index (κ3) is 5.58. The largest absolute Gasteiger partial charge is 0.481 e. The van der Waals surface area contributed by atoms with Gasteiger partial charge in [0, 0.05) is 25.4 Å². The van der Waals surface area contributed by atoms with E-state index in [1.165, 1.54) is 0 Å². The summed E-state index contributed by atoms with van der Waals surface area (Å²) in [7, 11) is 0. The molecule has 1 aliphatic rings. The standard InChI is InChI=1S/C11H17NO5.Zn/c13-9(14)6-8(11(16)17)12-10(15)7-4-2-1-3-5-7;/h7-8H,1-6H2,(H,12,15)(H,13,14)(H,16,17);. The molecule has 7 heteroatoms. The van der Waals surface area contributed by atoms with Crippen LogP contribution in [0.2, 0.25) is 0 Å². The molecule has 0 aromatic rings. The molecule has 1 unspecified atom stereocenters. The molecule has 98 valence electrons. The molecule has 0 heterocycles. The van der Waals surface area contributed by atoms with Crippen molar-refractivity contribution in [3.8, 4) is 0 Å². The second-order valence-electron chi connectivity index (χ2n) is 4.33. The summed E-state index contributed by atoms with van der Waals surface area (Å²) in [5.41, 5.74) is 0. The Hall–Kier alpha value is -0.967. The maximum absolute atomic E-state index is 11.7. The zero-order valence-corrected chi connectivity index (χ0v) is 13.2. The minimum absolute atomic E-state index is 0. The molecule has 0 aromatic heterocycles. The molecular weight excluding hydrogens is 292 g/mol. The average molecular weight is 309 g/mol. The SMILES string of the molecule is O=C(O)CC(NC(=O)C1CCCCC1)C(=O)O.[Zn]. The quantitative estimate of drug-likeness (QED) is 0.646. The molecule has 0 spiro atoms. The first-order valence-corrected chi connectivity index (χ1v) is 5.75. The molecule has 0 saturated heterocycles. The summed E-state index contributed by atoms with van der Waals surface area (Å²) in [5, 5.41) is 19.6. The van der Waals surface area contributed by atoms with E-state index < -0.39 is 24.4 Å². The van der Waals surface area contributed by atoms with E-state index in [0.29, 0.717) is 0 Å². The monoisotopic (exact) mass is 307 g/mol. The van der Waals surface area contributed by atoms with Crippen LogP contribution in [0.3, 0.4) is 0 Å². The molecule has 18 heavy (non-hydrogen) atoms. The summed E-state index contributed by atoms with van der Waals surface area (Å²) in [6.45, 7) is 0. The van der Waals surface area contributed by atoms with Crippen LogP contribution >= 0.6 is 0 Å². The Morgan fingerprint density at radius 2 is 1.67 bits per heavy atom. The number of nitrogens with one attached hydrogen (secondary N) is 1. The fourth-order valence-corrected chi connectivity index (χ4v) is 2.03. The maximum atomic E-state index is 11.7. The zero-order valence-electron chi connectivity index (χ0n) is 10.2. The Kier molecular flexibility index (Phi) is 7.75. The van der Waals surface area contributed by atoms with Crippen LogP contribution in [0.25, 0.3) is 0 Å². The number of aliphatic carboxylic acids is 2. The van der Waals surface area contributed by atoms with Crippen LogP contribution in [0.1, 0.15) is 38.5 Å². The van der Waals surface area contributed by atoms with Crippen LogP contribution in [0.15, 0.2) is 0 Å². The van der Waals surface area contributed by atoms with Crippen molar-refractivity contribution in [2.45, 2.75) is 44.6 Å². The topological polar surface area (TPSA) is 104 Å². The van der Waals surface area contributed by atoms with Crippen molar-refractivity contribution < 1.29 is 44.1 Å². The first-order valence-electron chi connectivity index (χ1n) is 5.75. The molecule has 1 rings (SSSR count). The third-order valence-corrected chi connectivity index (χ3v) is 2.97. The van der Waals surface area contributed by atoms with Gasteiger partial charge in [0.05, 0.1) is 6.42 Å². The Bertz CT molecular complexity index is 315. The van der Waals surface area contributed by atoms with Crippen molar-refractivity contribution in [2.24, 2.45) is 5.92 Å². The molecular formula is C11H17NO5Zn. The minimum atomic E-state index is -1.33. The third-order valence-electron chi connectivity index (χ3n) is 2.97. The van der Waals surface area contributed by atoms with Gasteiger partial charge < -0.3 is 15.5 Å². The average Bonchev–Trinajstić information content (AvgIpc) is 2.28. The van der Waals surface area contributed by atoms with E-state index in [2.05, 4.69) is 5.32 Å². The van der Waals surface area contributed by atoms with Crippen LogP contribution in [-0.2, 0) is 33.9 Å².